The largest absolute Gasteiger partial charge is 0.483 e. The number of nitrogens with one attached hydrogen (secondary N) is 1. The molecule has 0 saturated carbocycles. The lowest BCUT2D eigenvalue weighted by atomic mass is 10.1. The smallest absolute Gasteiger partial charge is 0.258 e. The molecule has 2 aromatic carbocycles. The number of aromatic nitrogens is 2. The highest BCUT2D eigenvalue weighted by Gasteiger charge is 2.10. The van der Waals surface area contributed by atoms with Gasteiger partial charge in [0.2, 0.25) is 11.7 Å². The summed E-state index contributed by atoms with van der Waals surface area (Å²) in [6, 6.07) is 15.4. The molecule has 0 aliphatic rings. The van der Waals surface area contributed by atoms with Gasteiger partial charge >= 0.3 is 0 Å². The molecule has 3 aromatic rings. The van der Waals surface area contributed by atoms with Gasteiger partial charge in [0, 0.05) is 5.56 Å². The van der Waals surface area contributed by atoms with Gasteiger partial charge in [-0.1, -0.05) is 47.6 Å². The van der Waals surface area contributed by atoms with E-state index >= 15 is 0 Å². The second kappa shape index (κ2) is 7.61. The number of carbonyl (C=O) groups is 1. The molecule has 0 fully saturated rings. The Bertz CT molecular complexity index is 859. The Labute approximate surface area is 145 Å². The molecule has 0 bridgehead atoms. The molecule has 128 valence electrons. The van der Waals surface area contributed by atoms with Gasteiger partial charge in [-0.25, -0.2) is 0 Å². The number of amides is 1. The lowest BCUT2D eigenvalue weighted by molar-refractivity contribution is -0.123. The maximum absolute atomic E-state index is 11.9. The Morgan fingerprint density at radius 3 is 2.76 bits per heavy atom. The predicted molar refractivity (Wildman–Crippen MR) is 93.0 cm³/mol. The molecule has 0 atom stereocenters. The minimum atomic E-state index is -0.250. The molecule has 25 heavy (non-hydrogen) atoms. The van der Waals surface area contributed by atoms with Crippen LogP contribution >= 0.6 is 0 Å². The van der Waals surface area contributed by atoms with Gasteiger partial charge in [-0.05, 0) is 31.0 Å². The second-order valence-corrected chi connectivity index (χ2v) is 5.71. The molecule has 0 spiro atoms. The number of rotatable bonds is 6. The van der Waals surface area contributed by atoms with Crippen LogP contribution in [0.1, 0.15) is 17.0 Å². The van der Waals surface area contributed by atoms with E-state index in [4.69, 9.17) is 9.26 Å². The number of aryl methyl sites for hydroxylation is 2. The summed E-state index contributed by atoms with van der Waals surface area (Å²) in [5.41, 5.74) is 2.94. The Hall–Kier alpha value is -3.15. The molecule has 0 saturated heterocycles. The van der Waals surface area contributed by atoms with E-state index in [1.54, 1.807) is 0 Å². The molecular weight excluding hydrogens is 318 g/mol. The van der Waals surface area contributed by atoms with Crippen molar-refractivity contribution in [2.24, 2.45) is 0 Å². The summed E-state index contributed by atoms with van der Waals surface area (Å²) in [6.07, 6.45) is 0. The molecule has 1 aromatic heterocycles. The van der Waals surface area contributed by atoms with Crippen molar-refractivity contribution < 1.29 is 14.1 Å². The molecule has 0 aliphatic heterocycles. The molecule has 0 radical (unpaired) electrons. The Morgan fingerprint density at radius 1 is 1.16 bits per heavy atom. The van der Waals surface area contributed by atoms with Crippen LogP contribution in [0.3, 0.4) is 0 Å². The number of hydrogen-bond acceptors (Lipinski definition) is 5. The summed E-state index contributed by atoms with van der Waals surface area (Å²) in [5.74, 6) is 1.30. The summed E-state index contributed by atoms with van der Waals surface area (Å²) in [6.45, 7) is 4.02. The van der Waals surface area contributed by atoms with Crippen LogP contribution in [0.5, 0.6) is 5.75 Å². The number of nitrogens with zero attached hydrogens (tertiary/aromatic N) is 2. The zero-order valence-electron chi connectivity index (χ0n) is 14.2. The van der Waals surface area contributed by atoms with Gasteiger partial charge in [-0.15, -0.1) is 0 Å². The average Bonchev–Trinajstić information content (AvgIpc) is 3.10. The molecule has 1 heterocycles. The van der Waals surface area contributed by atoms with Gasteiger partial charge in [0.25, 0.3) is 5.91 Å². The van der Waals surface area contributed by atoms with Crippen molar-refractivity contribution in [3.63, 3.8) is 0 Å². The highest BCUT2D eigenvalue weighted by Crippen LogP contribution is 2.19. The van der Waals surface area contributed by atoms with E-state index < -0.39 is 0 Å². The normalized spacial score (nSPS) is 10.5. The Kier molecular flexibility index (Phi) is 5.09. The minimum Gasteiger partial charge on any atom is -0.483 e. The van der Waals surface area contributed by atoms with E-state index in [0.29, 0.717) is 17.5 Å². The van der Waals surface area contributed by atoms with E-state index in [1.165, 1.54) is 0 Å². The van der Waals surface area contributed by atoms with Crippen LogP contribution in [0.25, 0.3) is 11.4 Å². The van der Waals surface area contributed by atoms with Crippen LogP contribution in [0, 0.1) is 13.8 Å². The second-order valence-electron chi connectivity index (χ2n) is 5.71. The number of benzene rings is 2. The van der Waals surface area contributed by atoms with Gasteiger partial charge in [-0.3, -0.25) is 4.79 Å². The van der Waals surface area contributed by atoms with Gasteiger partial charge in [0.15, 0.2) is 6.61 Å². The molecule has 6 heteroatoms. The molecule has 3 rings (SSSR count). The fourth-order valence-electron chi connectivity index (χ4n) is 2.26. The van der Waals surface area contributed by atoms with Crippen molar-refractivity contribution in [1.82, 2.24) is 15.5 Å². The SMILES string of the molecule is Cc1ccc(C)c(OCC(=O)NCc2nc(-c3ccccc3)no2)c1. The summed E-state index contributed by atoms with van der Waals surface area (Å²) in [5, 5.41) is 6.62. The van der Waals surface area contributed by atoms with Gasteiger partial charge < -0.3 is 14.6 Å². The number of carbonyl (C=O) groups excluding carboxylic acids is 1. The van der Waals surface area contributed by atoms with Crippen LogP contribution in [0.2, 0.25) is 0 Å². The zero-order valence-corrected chi connectivity index (χ0v) is 14.2. The van der Waals surface area contributed by atoms with E-state index in [9.17, 15) is 4.79 Å². The lowest BCUT2D eigenvalue weighted by Crippen LogP contribution is -2.28. The van der Waals surface area contributed by atoms with Crippen molar-refractivity contribution in [3.05, 3.63) is 65.5 Å². The van der Waals surface area contributed by atoms with Gasteiger partial charge in [0.05, 0.1) is 6.54 Å². The van der Waals surface area contributed by atoms with Crippen molar-refractivity contribution in [2.75, 3.05) is 6.61 Å². The third kappa shape index (κ3) is 4.44. The highest BCUT2D eigenvalue weighted by atomic mass is 16.5. The Morgan fingerprint density at radius 2 is 1.96 bits per heavy atom. The van der Waals surface area contributed by atoms with Crippen molar-refractivity contribution in [1.29, 1.82) is 0 Å². The topological polar surface area (TPSA) is 77.2 Å². The fraction of sp³-hybridized carbons (Fsp3) is 0.211. The summed E-state index contributed by atoms with van der Waals surface area (Å²) >= 11 is 0. The van der Waals surface area contributed by atoms with Gasteiger partial charge in [0.1, 0.15) is 5.75 Å². The molecule has 6 nitrogen and oxygen atoms in total. The maximum Gasteiger partial charge on any atom is 0.258 e. The average molecular weight is 337 g/mol. The summed E-state index contributed by atoms with van der Waals surface area (Å²) in [4.78, 5) is 16.2. The third-order valence-electron chi connectivity index (χ3n) is 3.64. The van der Waals surface area contributed by atoms with Crippen LogP contribution in [-0.4, -0.2) is 22.7 Å². The highest BCUT2D eigenvalue weighted by molar-refractivity contribution is 5.77. The molecule has 0 unspecified atom stereocenters. The molecule has 1 amide bonds. The first-order valence-corrected chi connectivity index (χ1v) is 7.96. The third-order valence-corrected chi connectivity index (χ3v) is 3.64. The van der Waals surface area contributed by atoms with Crippen molar-refractivity contribution in [2.45, 2.75) is 20.4 Å². The summed E-state index contributed by atoms with van der Waals surface area (Å²) in [7, 11) is 0. The van der Waals surface area contributed by atoms with Crippen LogP contribution in [0.15, 0.2) is 53.1 Å². The standard InChI is InChI=1S/C19H19N3O3/c1-13-8-9-14(2)16(10-13)24-12-17(23)20-11-18-21-19(22-25-18)15-6-4-3-5-7-15/h3-10H,11-12H2,1-2H3,(H,20,23). The molecule has 1 N–H and O–H groups in total. The van der Waals surface area contributed by atoms with E-state index in [2.05, 4.69) is 15.5 Å². The van der Waals surface area contributed by atoms with Crippen molar-refractivity contribution >= 4 is 5.91 Å². The quantitative estimate of drug-likeness (QED) is 0.748. The zero-order chi connectivity index (χ0) is 17.6. The lowest BCUT2D eigenvalue weighted by Gasteiger charge is -2.09. The monoisotopic (exact) mass is 337 g/mol. The van der Waals surface area contributed by atoms with E-state index in [0.717, 1.165) is 16.7 Å². The first kappa shape index (κ1) is 16.7. The van der Waals surface area contributed by atoms with Gasteiger partial charge in [-0.2, -0.15) is 4.98 Å². The fourth-order valence-corrected chi connectivity index (χ4v) is 2.26. The first-order valence-electron chi connectivity index (χ1n) is 7.96. The molecule has 0 aliphatic carbocycles. The van der Waals surface area contributed by atoms with E-state index in [-0.39, 0.29) is 19.1 Å². The number of hydrogen-bond donors (Lipinski definition) is 1. The number of ether oxygens (including phenoxy) is 1. The van der Waals surface area contributed by atoms with Crippen LogP contribution in [0.4, 0.5) is 0 Å². The summed E-state index contributed by atoms with van der Waals surface area (Å²) < 4.78 is 10.7. The van der Waals surface area contributed by atoms with Crippen LogP contribution < -0.4 is 10.1 Å². The van der Waals surface area contributed by atoms with E-state index in [1.807, 2.05) is 62.4 Å². The molecular formula is C19H19N3O3. The Balaban J connectivity index is 1.51. The first-order chi connectivity index (χ1) is 12.1. The maximum atomic E-state index is 11.9. The predicted octanol–water partition coefficient (Wildman–Crippen LogP) is 3.05. The minimum absolute atomic E-state index is 0.0655. The van der Waals surface area contributed by atoms with Crippen LogP contribution in [-0.2, 0) is 11.3 Å². The van der Waals surface area contributed by atoms with Crippen molar-refractivity contribution in [3.8, 4) is 17.1 Å².